The van der Waals surface area contributed by atoms with Gasteiger partial charge >= 0.3 is 0 Å². The first-order valence-corrected chi connectivity index (χ1v) is 7.30. The summed E-state index contributed by atoms with van der Waals surface area (Å²) in [5.74, 6) is 8.60. The molecule has 0 aromatic heterocycles. The Bertz CT molecular complexity index is 330. The lowest BCUT2D eigenvalue weighted by Crippen LogP contribution is -2.30. The average Bonchev–Trinajstić information content (AvgIpc) is 2.22. The maximum Gasteiger partial charge on any atom is 0.0550 e. The van der Waals surface area contributed by atoms with Gasteiger partial charge in [0.1, 0.15) is 0 Å². The van der Waals surface area contributed by atoms with E-state index in [1.54, 1.807) is 0 Å². The van der Waals surface area contributed by atoms with Crippen LogP contribution in [0.4, 0.5) is 0 Å². The second kappa shape index (κ2) is 7.04. The van der Waals surface area contributed by atoms with Crippen molar-refractivity contribution in [1.82, 2.24) is 5.43 Å². The zero-order valence-electron chi connectivity index (χ0n) is 11.3. The van der Waals surface area contributed by atoms with Crippen LogP contribution in [-0.2, 0) is 0 Å². The van der Waals surface area contributed by atoms with E-state index < -0.39 is 0 Å². The van der Waals surface area contributed by atoms with Gasteiger partial charge in [0, 0.05) is 5.75 Å². The molecule has 96 valence electrons. The molecule has 0 saturated carbocycles. The maximum absolute atomic E-state index is 5.66. The molecule has 3 N–H and O–H groups in total. The fourth-order valence-corrected chi connectivity index (χ4v) is 3.01. The Kier molecular flexibility index (Phi) is 6.03. The average molecular weight is 252 g/mol. The van der Waals surface area contributed by atoms with Crippen LogP contribution >= 0.6 is 11.8 Å². The van der Waals surface area contributed by atoms with Crippen molar-refractivity contribution in [3.8, 4) is 0 Å². The van der Waals surface area contributed by atoms with Gasteiger partial charge in [-0.25, -0.2) is 0 Å². The molecule has 0 aliphatic rings. The van der Waals surface area contributed by atoms with Gasteiger partial charge in [-0.15, -0.1) is 0 Å². The number of hydrogen-bond donors (Lipinski definition) is 2. The number of thioether (sulfide) groups is 1. The summed E-state index contributed by atoms with van der Waals surface area (Å²) in [6.45, 7) is 8.75. The number of nitrogens with one attached hydrogen (secondary N) is 1. The Labute approximate surface area is 109 Å². The van der Waals surface area contributed by atoms with Gasteiger partial charge in [0.25, 0.3) is 0 Å². The predicted octanol–water partition coefficient (Wildman–Crippen LogP) is 3.20. The lowest BCUT2D eigenvalue weighted by Gasteiger charge is -2.18. The molecular formula is C14H24N2S. The second-order valence-corrected chi connectivity index (χ2v) is 6.15. The summed E-state index contributed by atoms with van der Waals surface area (Å²) < 4.78 is 0. The van der Waals surface area contributed by atoms with E-state index in [-0.39, 0.29) is 6.04 Å². The van der Waals surface area contributed by atoms with Gasteiger partial charge in [0.2, 0.25) is 0 Å². The molecule has 0 heterocycles. The molecule has 3 heteroatoms. The van der Waals surface area contributed by atoms with Gasteiger partial charge in [0.15, 0.2) is 0 Å². The molecule has 0 aliphatic heterocycles. The normalized spacial score (nSPS) is 13.1. The van der Waals surface area contributed by atoms with Crippen molar-refractivity contribution in [2.24, 2.45) is 11.8 Å². The van der Waals surface area contributed by atoms with E-state index >= 15 is 0 Å². The summed E-state index contributed by atoms with van der Waals surface area (Å²) >= 11 is 1.96. The van der Waals surface area contributed by atoms with Crippen molar-refractivity contribution in [2.45, 2.75) is 33.7 Å². The fourth-order valence-electron chi connectivity index (χ4n) is 1.87. The highest BCUT2D eigenvalue weighted by atomic mass is 32.2. The number of nitrogens with two attached hydrogens (primary N) is 1. The minimum absolute atomic E-state index is 0.248. The van der Waals surface area contributed by atoms with Gasteiger partial charge in [-0.2, -0.15) is 11.8 Å². The van der Waals surface area contributed by atoms with Crippen LogP contribution in [0.5, 0.6) is 0 Å². The van der Waals surface area contributed by atoms with Crippen LogP contribution in [0.2, 0.25) is 0 Å². The smallest absolute Gasteiger partial charge is 0.0550 e. The Hall–Kier alpha value is -0.510. The summed E-state index contributed by atoms with van der Waals surface area (Å²) in [6.07, 6.45) is 0. The van der Waals surface area contributed by atoms with E-state index in [1.807, 2.05) is 11.8 Å². The van der Waals surface area contributed by atoms with Gasteiger partial charge in [-0.05, 0) is 31.1 Å². The van der Waals surface area contributed by atoms with Gasteiger partial charge in [0.05, 0.1) is 6.04 Å². The van der Waals surface area contributed by atoms with Crippen molar-refractivity contribution in [1.29, 1.82) is 0 Å². The largest absolute Gasteiger partial charge is 0.271 e. The summed E-state index contributed by atoms with van der Waals surface area (Å²) in [4.78, 5) is 0. The molecule has 0 amide bonds. The van der Waals surface area contributed by atoms with Crippen molar-refractivity contribution in [3.63, 3.8) is 0 Å². The Morgan fingerprint density at radius 2 is 1.71 bits per heavy atom. The third kappa shape index (κ3) is 5.11. The molecule has 1 rings (SSSR count). The van der Waals surface area contributed by atoms with Crippen molar-refractivity contribution in [3.05, 3.63) is 34.9 Å². The Morgan fingerprint density at radius 3 is 2.18 bits per heavy atom. The summed E-state index contributed by atoms with van der Waals surface area (Å²) in [7, 11) is 0. The maximum atomic E-state index is 5.66. The number of benzene rings is 1. The van der Waals surface area contributed by atoms with Crippen LogP contribution in [0.15, 0.2) is 18.2 Å². The number of aryl methyl sites for hydroxylation is 2. The Morgan fingerprint density at radius 1 is 1.12 bits per heavy atom. The topological polar surface area (TPSA) is 38.0 Å². The third-order valence-electron chi connectivity index (χ3n) is 2.58. The third-order valence-corrected chi connectivity index (χ3v) is 4.05. The summed E-state index contributed by atoms with van der Waals surface area (Å²) in [6, 6.07) is 6.87. The lowest BCUT2D eigenvalue weighted by molar-refractivity contribution is 0.609. The molecule has 1 unspecified atom stereocenters. The SMILES string of the molecule is Cc1cc(C)cc(C(CSCC(C)C)NN)c1. The highest BCUT2D eigenvalue weighted by molar-refractivity contribution is 7.99. The molecule has 2 nitrogen and oxygen atoms in total. The monoisotopic (exact) mass is 252 g/mol. The molecule has 1 aromatic rings. The molecule has 0 fully saturated rings. The minimum atomic E-state index is 0.248. The van der Waals surface area contributed by atoms with Gasteiger partial charge < -0.3 is 0 Å². The molecule has 0 spiro atoms. The van der Waals surface area contributed by atoms with E-state index in [9.17, 15) is 0 Å². The molecule has 1 atom stereocenters. The van der Waals surface area contributed by atoms with E-state index in [0.717, 1.165) is 11.7 Å². The van der Waals surface area contributed by atoms with Crippen molar-refractivity contribution < 1.29 is 0 Å². The van der Waals surface area contributed by atoms with E-state index in [4.69, 9.17) is 5.84 Å². The van der Waals surface area contributed by atoms with Gasteiger partial charge in [-0.1, -0.05) is 43.2 Å². The molecular weight excluding hydrogens is 228 g/mol. The van der Waals surface area contributed by atoms with E-state index in [2.05, 4.69) is 51.3 Å². The molecule has 17 heavy (non-hydrogen) atoms. The van der Waals surface area contributed by atoms with Crippen LogP contribution in [0.1, 0.15) is 36.6 Å². The molecule has 1 aromatic carbocycles. The molecule has 0 aliphatic carbocycles. The number of hydrogen-bond acceptors (Lipinski definition) is 3. The van der Waals surface area contributed by atoms with Crippen LogP contribution in [0, 0.1) is 19.8 Å². The number of hydrazine groups is 1. The minimum Gasteiger partial charge on any atom is -0.271 e. The number of rotatable bonds is 6. The van der Waals surface area contributed by atoms with Crippen LogP contribution in [-0.4, -0.2) is 11.5 Å². The van der Waals surface area contributed by atoms with Crippen molar-refractivity contribution in [2.75, 3.05) is 11.5 Å². The predicted molar refractivity (Wildman–Crippen MR) is 78.1 cm³/mol. The Balaban J connectivity index is 2.65. The lowest BCUT2D eigenvalue weighted by atomic mass is 10.0. The van der Waals surface area contributed by atoms with Crippen LogP contribution in [0.25, 0.3) is 0 Å². The first kappa shape index (κ1) is 14.6. The fraction of sp³-hybridized carbons (Fsp3) is 0.571. The standard InChI is InChI=1S/C14H24N2S/c1-10(2)8-17-9-14(16-15)13-6-11(3)5-12(4)7-13/h5-7,10,14,16H,8-9,15H2,1-4H3. The molecule has 0 saturated heterocycles. The quantitative estimate of drug-likeness (QED) is 0.603. The van der Waals surface area contributed by atoms with E-state index in [0.29, 0.717) is 0 Å². The van der Waals surface area contributed by atoms with Crippen LogP contribution < -0.4 is 11.3 Å². The first-order valence-electron chi connectivity index (χ1n) is 6.15. The second-order valence-electron chi connectivity index (χ2n) is 5.07. The molecule has 0 radical (unpaired) electrons. The summed E-state index contributed by atoms with van der Waals surface area (Å²) in [5.41, 5.74) is 6.82. The first-order chi connectivity index (χ1) is 8.02. The highest BCUT2D eigenvalue weighted by Gasteiger charge is 2.10. The molecule has 0 bridgehead atoms. The van der Waals surface area contributed by atoms with E-state index in [1.165, 1.54) is 22.4 Å². The zero-order valence-corrected chi connectivity index (χ0v) is 12.1. The van der Waals surface area contributed by atoms with Gasteiger partial charge in [-0.3, -0.25) is 11.3 Å². The van der Waals surface area contributed by atoms with Crippen LogP contribution in [0.3, 0.4) is 0 Å². The highest BCUT2D eigenvalue weighted by Crippen LogP contribution is 2.21. The zero-order chi connectivity index (χ0) is 12.8. The summed E-state index contributed by atoms with van der Waals surface area (Å²) in [5, 5.41) is 0. The van der Waals surface area contributed by atoms with Crippen molar-refractivity contribution >= 4 is 11.8 Å².